The van der Waals surface area contributed by atoms with Gasteiger partial charge in [-0.15, -0.1) is 0 Å². The van der Waals surface area contributed by atoms with E-state index in [1.165, 1.54) is 11.0 Å². The lowest BCUT2D eigenvalue weighted by molar-refractivity contribution is -0.109. The Hall–Kier alpha value is -3.28. The van der Waals surface area contributed by atoms with Crippen molar-refractivity contribution in [2.75, 3.05) is 67.1 Å². The third-order valence-electron chi connectivity index (χ3n) is 7.63. The van der Waals surface area contributed by atoms with Crippen LogP contribution in [-0.4, -0.2) is 63.2 Å². The number of carbonyl (C=O) groups is 1. The molecule has 0 bridgehead atoms. The summed E-state index contributed by atoms with van der Waals surface area (Å²) in [6.07, 6.45) is 0. The van der Waals surface area contributed by atoms with Gasteiger partial charge in [-0.05, 0) is 62.7 Å². The quantitative estimate of drug-likeness (QED) is 0.696. The molecule has 34 heavy (non-hydrogen) atoms. The molecule has 0 amide bonds. The van der Waals surface area contributed by atoms with Gasteiger partial charge in [0.05, 0.1) is 29.1 Å². The molecular formula is C28H35N4O2+. The van der Waals surface area contributed by atoms with Gasteiger partial charge in [-0.3, -0.25) is 4.79 Å². The predicted octanol–water partition coefficient (Wildman–Crippen LogP) is 2.41. The Kier molecular flexibility index (Phi) is 5.84. The smallest absolute Gasteiger partial charge is 0.223 e. The highest BCUT2D eigenvalue weighted by molar-refractivity contribution is 6.51. The molecule has 6 heteroatoms. The van der Waals surface area contributed by atoms with Crippen LogP contribution in [0.2, 0.25) is 0 Å². The van der Waals surface area contributed by atoms with E-state index in [0.29, 0.717) is 11.1 Å². The predicted molar refractivity (Wildman–Crippen MR) is 140 cm³/mol. The lowest BCUT2D eigenvalue weighted by atomic mass is 9.82. The molecule has 0 aromatic heterocycles. The first-order valence-electron chi connectivity index (χ1n) is 12.7. The van der Waals surface area contributed by atoms with Gasteiger partial charge in [-0.25, -0.2) is 4.58 Å². The summed E-state index contributed by atoms with van der Waals surface area (Å²) in [6.45, 7) is 16.3. The van der Waals surface area contributed by atoms with Crippen molar-refractivity contribution in [1.29, 1.82) is 0 Å². The lowest BCUT2D eigenvalue weighted by Crippen LogP contribution is -2.47. The Bertz CT molecular complexity index is 1310. The minimum atomic E-state index is -0.0742. The maximum Gasteiger partial charge on any atom is 0.223 e. The molecular weight excluding hydrogens is 424 g/mol. The van der Waals surface area contributed by atoms with Crippen molar-refractivity contribution < 1.29 is 9.90 Å². The van der Waals surface area contributed by atoms with E-state index in [2.05, 4.69) is 71.2 Å². The first-order valence-corrected chi connectivity index (χ1v) is 12.7. The second-order valence-electron chi connectivity index (χ2n) is 9.15. The van der Waals surface area contributed by atoms with Gasteiger partial charge in [0.1, 0.15) is 18.0 Å². The number of benzene rings is 2. The first kappa shape index (κ1) is 22.5. The number of Topliss-reactive ketones (excluding diaryl/α,β-unsaturated/α-hetero) is 1. The van der Waals surface area contributed by atoms with Gasteiger partial charge in [0.25, 0.3) is 0 Å². The fourth-order valence-corrected chi connectivity index (χ4v) is 5.62. The summed E-state index contributed by atoms with van der Waals surface area (Å²) in [7, 11) is 0. The standard InChI is InChI=1S/C28H34N4O2/c1-5-29-13-15-31(7-3)23-17-19(9-11-21(23)29)25-27(33)26(28(25)34)20-10-12-22-24(18-20)32(8-4)16-14-30(22)6-2/h9-12,17-18H,5-8,13-16H2,1-4H3/p+1. The van der Waals surface area contributed by atoms with Crippen LogP contribution in [0, 0.1) is 0 Å². The number of carbonyl (C=O) groups excluding carboxylic acids is 1. The monoisotopic (exact) mass is 459 g/mol. The van der Waals surface area contributed by atoms with Crippen molar-refractivity contribution in [2.45, 2.75) is 27.7 Å². The third kappa shape index (κ3) is 3.39. The first-order chi connectivity index (χ1) is 16.5. The normalized spacial score (nSPS) is 19.4. The highest BCUT2D eigenvalue weighted by Crippen LogP contribution is 2.41. The van der Waals surface area contributed by atoms with Crippen molar-refractivity contribution in [1.82, 2.24) is 4.58 Å². The number of anilines is 3. The summed E-state index contributed by atoms with van der Waals surface area (Å²) in [5.41, 5.74) is 5.14. The number of ketones is 1. The van der Waals surface area contributed by atoms with E-state index in [0.717, 1.165) is 74.5 Å². The van der Waals surface area contributed by atoms with E-state index < -0.39 is 0 Å². The van der Waals surface area contributed by atoms with Gasteiger partial charge in [0, 0.05) is 38.8 Å². The number of likely N-dealkylation sites (N-methyl/N-ethyl adjacent to an activating group) is 4. The molecule has 6 nitrogen and oxygen atoms in total. The summed E-state index contributed by atoms with van der Waals surface area (Å²) in [5.74, 6) is 0.0390. The van der Waals surface area contributed by atoms with Gasteiger partial charge in [-0.1, -0.05) is 6.07 Å². The molecule has 2 aromatic rings. The van der Waals surface area contributed by atoms with Crippen molar-refractivity contribution in [2.24, 2.45) is 0 Å². The topological polar surface area (TPSA) is 50.0 Å². The van der Waals surface area contributed by atoms with Crippen molar-refractivity contribution in [3.8, 4) is 0 Å². The molecule has 1 N–H and O–H groups in total. The molecule has 2 heterocycles. The van der Waals surface area contributed by atoms with Gasteiger partial charge in [-0.2, -0.15) is 0 Å². The molecule has 0 spiro atoms. The lowest BCUT2D eigenvalue weighted by Gasteiger charge is -2.38. The van der Waals surface area contributed by atoms with E-state index >= 15 is 0 Å². The van der Waals surface area contributed by atoms with Crippen LogP contribution in [0.15, 0.2) is 42.2 Å². The molecule has 0 saturated carbocycles. The summed E-state index contributed by atoms with van der Waals surface area (Å²) in [4.78, 5) is 20.4. The molecule has 5 rings (SSSR count). The second-order valence-corrected chi connectivity index (χ2v) is 9.15. The van der Waals surface area contributed by atoms with Gasteiger partial charge in [0.15, 0.2) is 6.54 Å². The van der Waals surface area contributed by atoms with Crippen LogP contribution >= 0.6 is 0 Å². The minimum Gasteiger partial charge on any atom is -0.506 e. The van der Waals surface area contributed by atoms with Gasteiger partial charge >= 0.3 is 0 Å². The van der Waals surface area contributed by atoms with E-state index in [1.54, 1.807) is 0 Å². The highest BCUT2D eigenvalue weighted by Gasteiger charge is 2.36. The molecule has 3 aliphatic rings. The Balaban J connectivity index is 1.61. The zero-order valence-electron chi connectivity index (χ0n) is 20.8. The Morgan fingerprint density at radius 3 is 2.12 bits per heavy atom. The molecule has 2 aromatic carbocycles. The summed E-state index contributed by atoms with van der Waals surface area (Å²) >= 11 is 0. The Morgan fingerprint density at radius 2 is 1.47 bits per heavy atom. The van der Waals surface area contributed by atoms with Gasteiger partial charge < -0.3 is 19.8 Å². The molecule has 2 aliphatic heterocycles. The SMILES string of the molecule is CCN1CCN(CC)c2cc(C3=C(O)/C(=c4/ccc5c(c4)N(CC)CC[N+]=5CC)C3=O)ccc21. The molecule has 178 valence electrons. The summed E-state index contributed by atoms with van der Waals surface area (Å²) < 4.78 is 2.37. The number of aliphatic hydroxyl groups excluding tert-OH is 1. The molecule has 0 unspecified atom stereocenters. The van der Waals surface area contributed by atoms with Crippen molar-refractivity contribution in [3.63, 3.8) is 0 Å². The fraction of sp³-hybridized carbons (Fsp3) is 0.429. The summed E-state index contributed by atoms with van der Waals surface area (Å²) in [6, 6.07) is 12.3. The van der Waals surface area contributed by atoms with E-state index in [1.807, 2.05) is 12.1 Å². The molecule has 0 fully saturated rings. The summed E-state index contributed by atoms with van der Waals surface area (Å²) in [5, 5.41) is 13.1. The second kappa shape index (κ2) is 8.82. The maximum atomic E-state index is 13.3. The molecule has 0 atom stereocenters. The van der Waals surface area contributed by atoms with Crippen molar-refractivity contribution in [3.05, 3.63) is 58.3 Å². The van der Waals surface area contributed by atoms with E-state index in [4.69, 9.17) is 0 Å². The molecule has 0 saturated heterocycles. The van der Waals surface area contributed by atoms with Crippen LogP contribution in [0.4, 0.5) is 17.1 Å². The fourth-order valence-electron chi connectivity index (χ4n) is 5.62. The Labute approximate surface area is 201 Å². The Morgan fingerprint density at radius 1 is 0.794 bits per heavy atom. The van der Waals surface area contributed by atoms with E-state index in [9.17, 15) is 9.90 Å². The van der Waals surface area contributed by atoms with Crippen LogP contribution in [-0.2, 0) is 4.79 Å². The number of fused-ring (bicyclic) bond motifs is 2. The maximum absolute atomic E-state index is 13.3. The van der Waals surface area contributed by atoms with Crippen molar-refractivity contribution >= 4 is 34.0 Å². The third-order valence-corrected chi connectivity index (χ3v) is 7.63. The van der Waals surface area contributed by atoms with E-state index in [-0.39, 0.29) is 11.5 Å². The van der Waals surface area contributed by atoms with Gasteiger partial charge in [0.2, 0.25) is 11.1 Å². The van der Waals surface area contributed by atoms with Crippen LogP contribution in [0.3, 0.4) is 0 Å². The minimum absolute atomic E-state index is 0.0742. The van der Waals surface area contributed by atoms with Crippen LogP contribution in [0.5, 0.6) is 0 Å². The molecule has 1 aliphatic carbocycles. The number of nitrogens with zero attached hydrogens (tertiary/aromatic N) is 4. The number of aliphatic hydroxyl groups is 1. The zero-order chi connectivity index (χ0) is 24.0. The number of hydrogen-bond donors (Lipinski definition) is 1. The largest absolute Gasteiger partial charge is 0.506 e. The zero-order valence-corrected chi connectivity index (χ0v) is 20.8. The molecule has 0 radical (unpaired) electrons. The average molecular weight is 460 g/mol. The number of hydrogen-bond acceptors (Lipinski definition) is 5. The highest BCUT2D eigenvalue weighted by atomic mass is 16.3. The number of rotatable bonds is 5. The average Bonchev–Trinajstić information content (AvgIpc) is 2.87. The van der Waals surface area contributed by atoms with Crippen LogP contribution in [0.25, 0.3) is 11.1 Å². The van der Waals surface area contributed by atoms with Crippen LogP contribution in [0.1, 0.15) is 33.3 Å². The van der Waals surface area contributed by atoms with Crippen LogP contribution < -0.4 is 29.9 Å². The number of allylic oxidation sites excluding steroid dienone is 2.